The van der Waals surface area contributed by atoms with Gasteiger partial charge in [0, 0.05) is 18.7 Å². The number of carbonyl (C=O) groups excluding carboxylic acids is 1. The van der Waals surface area contributed by atoms with Crippen LogP contribution in [0.4, 0.5) is 0 Å². The van der Waals surface area contributed by atoms with Crippen molar-refractivity contribution in [2.24, 2.45) is 0 Å². The molecule has 1 saturated heterocycles. The summed E-state index contributed by atoms with van der Waals surface area (Å²) >= 11 is 0. The maximum Gasteiger partial charge on any atom is 0.186 e. The predicted molar refractivity (Wildman–Crippen MR) is 60.8 cm³/mol. The number of ether oxygens (including phenoxy) is 1. The van der Waals surface area contributed by atoms with E-state index in [0.717, 1.165) is 19.4 Å². The van der Waals surface area contributed by atoms with Crippen LogP contribution in [0.25, 0.3) is 0 Å². The molecule has 86 valence electrons. The minimum atomic E-state index is 0.0526. The molecule has 4 nitrogen and oxygen atoms in total. The number of methoxy groups -OCH3 is 1. The van der Waals surface area contributed by atoms with Gasteiger partial charge in [-0.15, -0.1) is 0 Å². The van der Waals surface area contributed by atoms with Crippen LogP contribution in [0.5, 0.6) is 5.75 Å². The first kappa shape index (κ1) is 11.1. The molecule has 1 aliphatic heterocycles. The van der Waals surface area contributed by atoms with Crippen molar-refractivity contribution in [1.82, 2.24) is 10.3 Å². The van der Waals surface area contributed by atoms with E-state index in [4.69, 9.17) is 4.74 Å². The summed E-state index contributed by atoms with van der Waals surface area (Å²) in [6, 6.07) is 3.84. The van der Waals surface area contributed by atoms with Crippen LogP contribution >= 0.6 is 0 Å². The Labute approximate surface area is 95.0 Å². The lowest BCUT2D eigenvalue weighted by atomic mass is 10.1. The molecule has 16 heavy (non-hydrogen) atoms. The van der Waals surface area contributed by atoms with Crippen LogP contribution in [0.1, 0.15) is 29.8 Å². The van der Waals surface area contributed by atoms with Gasteiger partial charge in [-0.2, -0.15) is 0 Å². The van der Waals surface area contributed by atoms with Crippen LogP contribution in [0.2, 0.25) is 0 Å². The number of pyridine rings is 1. The summed E-state index contributed by atoms with van der Waals surface area (Å²) in [6.07, 6.45) is 4.35. The molecular formula is C12H16N2O2. The van der Waals surface area contributed by atoms with Crippen molar-refractivity contribution in [3.05, 3.63) is 24.0 Å². The second-order valence-corrected chi connectivity index (χ2v) is 3.97. The Morgan fingerprint density at radius 3 is 3.25 bits per heavy atom. The second kappa shape index (κ2) is 5.07. The number of hydrogen-bond acceptors (Lipinski definition) is 4. The topological polar surface area (TPSA) is 51.2 Å². The molecule has 0 aromatic carbocycles. The van der Waals surface area contributed by atoms with Crippen LogP contribution in [0.3, 0.4) is 0 Å². The van der Waals surface area contributed by atoms with Gasteiger partial charge in [0.05, 0.1) is 7.11 Å². The van der Waals surface area contributed by atoms with Gasteiger partial charge in [0.2, 0.25) is 0 Å². The number of hydrogen-bond donors (Lipinski definition) is 1. The molecule has 2 heterocycles. The van der Waals surface area contributed by atoms with Gasteiger partial charge in [0.15, 0.2) is 5.78 Å². The second-order valence-electron chi connectivity index (χ2n) is 3.97. The maximum absolute atomic E-state index is 12.0. The molecule has 0 radical (unpaired) electrons. The average Bonchev–Trinajstić information content (AvgIpc) is 2.81. The Balaban J connectivity index is 2.07. The molecule has 1 fully saturated rings. The molecule has 0 aliphatic carbocycles. The lowest BCUT2D eigenvalue weighted by Gasteiger charge is -2.10. The number of carbonyl (C=O) groups is 1. The molecule has 1 atom stereocenters. The lowest BCUT2D eigenvalue weighted by Crippen LogP contribution is -2.25. The van der Waals surface area contributed by atoms with E-state index in [2.05, 4.69) is 10.3 Å². The number of nitrogens with zero attached hydrogens (tertiary/aromatic N) is 1. The first-order valence-corrected chi connectivity index (χ1v) is 5.57. The van der Waals surface area contributed by atoms with Crippen molar-refractivity contribution in [1.29, 1.82) is 0 Å². The molecule has 4 heteroatoms. The summed E-state index contributed by atoms with van der Waals surface area (Å²) in [6.45, 7) is 1.01. The molecule has 2 rings (SSSR count). The Morgan fingerprint density at radius 2 is 2.56 bits per heavy atom. The summed E-state index contributed by atoms with van der Waals surface area (Å²) in [5.41, 5.74) is 0.443. The highest BCUT2D eigenvalue weighted by molar-refractivity contribution is 5.97. The van der Waals surface area contributed by atoms with Crippen molar-refractivity contribution >= 4 is 5.78 Å². The maximum atomic E-state index is 12.0. The van der Waals surface area contributed by atoms with E-state index < -0.39 is 0 Å². The third kappa shape index (κ3) is 2.39. The largest absolute Gasteiger partial charge is 0.494 e. The van der Waals surface area contributed by atoms with Crippen LogP contribution in [0.15, 0.2) is 18.3 Å². The zero-order valence-corrected chi connectivity index (χ0v) is 9.40. The highest BCUT2D eigenvalue weighted by atomic mass is 16.5. The van der Waals surface area contributed by atoms with Gasteiger partial charge in [0.1, 0.15) is 11.4 Å². The van der Waals surface area contributed by atoms with E-state index in [9.17, 15) is 4.79 Å². The normalized spacial score (nSPS) is 19.7. The van der Waals surface area contributed by atoms with E-state index >= 15 is 0 Å². The van der Waals surface area contributed by atoms with E-state index in [1.54, 1.807) is 25.4 Å². The Bertz CT molecular complexity index is 373. The molecule has 0 bridgehead atoms. The highest BCUT2D eigenvalue weighted by Gasteiger charge is 2.21. The Kier molecular flexibility index (Phi) is 3.51. The molecule has 1 aliphatic rings. The first-order chi connectivity index (χ1) is 7.81. The fourth-order valence-corrected chi connectivity index (χ4v) is 2.02. The number of nitrogens with one attached hydrogen (secondary N) is 1. The Morgan fingerprint density at radius 1 is 1.69 bits per heavy atom. The van der Waals surface area contributed by atoms with Crippen LogP contribution in [-0.2, 0) is 0 Å². The fraction of sp³-hybridized carbons (Fsp3) is 0.500. The molecular weight excluding hydrogens is 204 g/mol. The summed E-state index contributed by atoms with van der Waals surface area (Å²) in [7, 11) is 1.56. The highest BCUT2D eigenvalue weighted by Crippen LogP contribution is 2.19. The number of aromatic nitrogens is 1. The molecule has 1 aromatic heterocycles. The number of ketones is 1. The van der Waals surface area contributed by atoms with E-state index in [1.807, 2.05) is 0 Å². The smallest absolute Gasteiger partial charge is 0.186 e. The van der Waals surface area contributed by atoms with E-state index in [0.29, 0.717) is 23.9 Å². The quantitative estimate of drug-likeness (QED) is 0.780. The number of Topliss-reactive ketones (excluding diaryl/α,β-unsaturated/α-hetero) is 1. The predicted octanol–water partition coefficient (Wildman–Crippen LogP) is 1.41. The molecule has 1 aromatic rings. The Hall–Kier alpha value is -1.42. The van der Waals surface area contributed by atoms with Crippen molar-refractivity contribution in [2.75, 3.05) is 13.7 Å². The zero-order chi connectivity index (χ0) is 11.4. The minimum Gasteiger partial charge on any atom is -0.494 e. The monoisotopic (exact) mass is 220 g/mol. The minimum absolute atomic E-state index is 0.0526. The molecule has 0 spiro atoms. The van der Waals surface area contributed by atoms with Crippen molar-refractivity contribution in [2.45, 2.75) is 25.3 Å². The SMILES string of the molecule is COc1cccnc1C(=O)CC1CCCN1. The van der Waals surface area contributed by atoms with E-state index in [1.165, 1.54) is 0 Å². The third-order valence-corrected chi connectivity index (χ3v) is 2.85. The lowest BCUT2D eigenvalue weighted by molar-refractivity contribution is 0.0963. The van der Waals surface area contributed by atoms with Gasteiger partial charge in [-0.05, 0) is 31.5 Å². The molecule has 0 amide bonds. The standard InChI is InChI=1S/C12H16N2O2/c1-16-11-5-3-7-14-12(11)10(15)8-9-4-2-6-13-9/h3,5,7,9,13H,2,4,6,8H2,1H3. The van der Waals surface area contributed by atoms with E-state index in [-0.39, 0.29) is 5.78 Å². The van der Waals surface area contributed by atoms with Crippen LogP contribution in [0, 0.1) is 0 Å². The van der Waals surface area contributed by atoms with Crippen molar-refractivity contribution in [3.63, 3.8) is 0 Å². The third-order valence-electron chi connectivity index (χ3n) is 2.85. The molecule has 1 unspecified atom stereocenters. The summed E-state index contributed by atoms with van der Waals surface area (Å²) in [4.78, 5) is 16.1. The average molecular weight is 220 g/mol. The van der Waals surface area contributed by atoms with Gasteiger partial charge < -0.3 is 10.1 Å². The number of rotatable bonds is 4. The van der Waals surface area contributed by atoms with Crippen molar-refractivity contribution < 1.29 is 9.53 Å². The van der Waals surface area contributed by atoms with Crippen molar-refractivity contribution in [3.8, 4) is 5.75 Å². The van der Waals surface area contributed by atoms with Gasteiger partial charge in [-0.25, -0.2) is 4.98 Å². The summed E-state index contributed by atoms with van der Waals surface area (Å²) < 4.78 is 5.13. The summed E-state index contributed by atoms with van der Waals surface area (Å²) in [5.74, 6) is 0.613. The van der Waals surface area contributed by atoms with Gasteiger partial charge >= 0.3 is 0 Å². The van der Waals surface area contributed by atoms with Crippen LogP contribution in [-0.4, -0.2) is 30.5 Å². The fourth-order valence-electron chi connectivity index (χ4n) is 2.02. The van der Waals surface area contributed by atoms with Gasteiger partial charge in [-0.1, -0.05) is 0 Å². The first-order valence-electron chi connectivity index (χ1n) is 5.57. The van der Waals surface area contributed by atoms with Gasteiger partial charge in [0.25, 0.3) is 0 Å². The molecule has 0 saturated carbocycles. The van der Waals surface area contributed by atoms with Crippen LogP contribution < -0.4 is 10.1 Å². The summed E-state index contributed by atoms with van der Waals surface area (Å²) in [5, 5.41) is 3.31. The molecule has 1 N–H and O–H groups in total. The van der Waals surface area contributed by atoms with Gasteiger partial charge in [-0.3, -0.25) is 4.79 Å². The zero-order valence-electron chi connectivity index (χ0n) is 9.40.